The Kier molecular flexibility index (Phi) is 6.54. The Morgan fingerprint density at radius 2 is 2.29 bits per heavy atom. The van der Waals surface area contributed by atoms with Gasteiger partial charge < -0.3 is 21.1 Å². The largest absolute Gasteiger partial charge is 0.462 e. The zero-order valence-corrected chi connectivity index (χ0v) is 14.9. The summed E-state index contributed by atoms with van der Waals surface area (Å²) >= 11 is 2.27. The van der Waals surface area contributed by atoms with Gasteiger partial charge in [0, 0.05) is 0 Å². The van der Waals surface area contributed by atoms with Crippen molar-refractivity contribution in [3.05, 3.63) is 10.6 Å². The van der Waals surface area contributed by atoms with Crippen LogP contribution in [-0.4, -0.2) is 46.8 Å². The number of thiazole rings is 1. The highest BCUT2D eigenvalue weighted by Gasteiger charge is 2.24. The lowest BCUT2D eigenvalue weighted by Gasteiger charge is -2.28. The number of amides is 2. The topological polar surface area (TPSA) is 135 Å². The number of carbonyl (C=O) groups is 3. The van der Waals surface area contributed by atoms with E-state index in [1.54, 1.807) is 13.8 Å². The van der Waals surface area contributed by atoms with E-state index in [1.807, 2.05) is 0 Å². The highest BCUT2D eigenvalue weighted by atomic mass is 32.2. The Morgan fingerprint density at radius 1 is 1.54 bits per heavy atom. The van der Waals surface area contributed by atoms with Crippen LogP contribution in [0, 0.1) is 6.92 Å². The van der Waals surface area contributed by atoms with E-state index in [1.165, 1.54) is 11.8 Å². The molecule has 0 spiro atoms. The van der Waals surface area contributed by atoms with Gasteiger partial charge in [-0.3, -0.25) is 14.9 Å². The van der Waals surface area contributed by atoms with E-state index in [-0.39, 0.29) is 30.6 Å². The number of aromatic nitrogens is 1. The molecule has 2 amide bonds. The number of thioether (sulfide) groups is 1. The van der Waals surface area contributed by atoms with Crippen molar-refractivity contribution in [3.63, 3.8) is 0 Å². The lowest BCUT2D eigenvalue weighted by molar-refractivity contribution is -0.123. The third-order valence-corrected chi connectivity index (χ3v) is 5.02. The number of nitrogens with two attached hydrogens (primary N) is 1. The molecule has 1 saturated heterocycles. The average molecular weight is 373 g/mol. The summed E-state index contributed by atoms with van der Waals surface area (Å²) in [5, 5.41) is 8.61. The molecule has 5 N–H and O–H groups in total. The molecule has 0 aromatic carbocycles. The summed E-state index contributed by atoms with van der Waals surface area (Å²) < 4.78 is 4.93. The zero-order valence-electron chi connectivity index (χ0n) is 13.3. The first-order valence-corrected chi connectivity index (χ1v) is 9.12. The molecule has 1 aliphatic rings. The van der Waals surface area contributed by atoms with Gasteiger partial charge in [0.15, 0.2) is 5.13 Å². The third kappa shape index (κ3) is 5.16. The molecule has 0 aliphatic carbocycles. The minimum atomic E-state index is -0.453. The summed E-state index contributed by atoms with van der Waals surface area (Å²) in [7, 11) is 0. The van der Waals surface area contributed by atoms with Crippen LogP contribution < -0.4 is 21.7 Å². The highest BCUT2D eigenvalue weighted by Crippen LogP contribution is 2.23. The number of rotatable bonds is 6. The van der Waals surface area contributed by atoms with Crippen LogP contribution in [-0.2, 0) is 14.3 Å². The Morgan fingerprint density at radius 3 is 2.96 bits per heavy atom. The van der Waals surface area contributed by atoms with Crippen molar-refractivity contribution in [1.82, 2.24) is 15.6 Å². The molecule has 11 heteroatoms. The normalized spacial score (nSPS) is 20.4. The number of hydrogen-bond donors (Lipinski definition) is 4. The minimum absolute atomic E-state index is 0.0953. The SMILES string of the molecule is CCOC(=O)c1sc(NC(=O)CSC2NC(=O)CC(N)N2)nc1C. The van der Waals surface area contributed by atoms with Crippen LogP contribution in [0.1, 0.15) is 28.7 Å². The molecule has 2 unspecified atom stereocenters. The van der Waals surface area contributed by atoms with Gasteiger partial charge in [-0.15, -0.1) is 11.8 Å². The summed E-state index contributed by atoms with van der Waals surface area (Å²) in [6.07, 6.45) is -0.216. The van der Waals surface area contributed by atoms with Gasteiger partial charge in [0.05, 0.1) is 30.6 Å². The monoisotopic (exact) mass is 373 g/mol. The van der Waals surface area contributed by atoms with Crippen LogP contribution in [0.25, 0.3) is 0 Å². The maximum Gasteiger partial charge on any atom is 0.350 e. The summed E-state index contributed by atoms with van der Waals surface area (Å²) in [6.45, 7) is 3.67. The zero-order chi connectivity index (χ0) is 17.7. The highest BCUT2D eigenvalue weighted by molar-refractivity contribution is 8.00. The van der Waals surface area contributed by atoms with Crippen LogP contribution in [0.5, 0.6) is 0 Å². The van der Waals surface area contributed by atoms with Crippen molar-refractivity contribution < 1.29 is 19.1 Å². The molecule has 1 fully saturated rings. The lowest BCUT2D eigenvalue weighted by Crippen LogP contribution is -2.58. The van der Waals surface area contributed by atoms with E-state index in [0.717, 1.165) is 11.3 Å². The van der Waals surface area contributed by atoms with Gasteiger partial charge in [0.2, 0.25) is 11.8 Å². The number of nitrogens with one attached hydrogen (secondary N) is 3. The number of anilines is 1. The smallest absolute Gasteiger partial charge is 0.350 e. The van der Waals surface area contributed by atoms with E-state index in [0.29, 0.717) is 15.7 Å². The quantitative estimate of drug-likeness (QED) is 0.511. The molecule has 1 aliphatic heterocycles. The summed E-state index contributed by atoms with van der Waals surface area (Å²) in [5.41, 5.74) is 5.77. The fraction of sp³-hybridized carbons (Fsp3) is 0.538. The van der Waals surface area contributed by atoms with Crippen molar-refractivity contribution in [2.75, 3.05) is 17.7 Å². The number of nitrogens with zero attached hydrogens (tertiary/aromatic N) is 1. The van der Waals surface area contributed by atoms with E-state index < -0.39 is 17.6 Å². The predicted molar refractivity (Wildman–Crippen MR) is 91.6 cm³/mol. The number of ether oxygens (including phenoxy) is 1. The molecule has 0 bridgehead atoms. The first kappa shape index (κ1) is 18.6. The van der Waals surface area contributed by atoms with Gasteiger partial charge in [-0.2, -0.15) is 0 Å². The van der Waals surface area contributed by atoms with Crippen molar-refractivity contribution in [2.24, 2.45) is 5.73 Å². The van der Waals surface area contributed by atoms with Gasteiger partial charge in [-0.05, 0) is 13.8 Å². The predicted octanol–water partition coefficient (Wildman–Crippen LogP) is -0.0222. The van der Waals surface area contributed by atoms with Crippen LogP contribution in [0.4, 0.5) is 5.13 Å². The maximum absolute atomic E-state index is 12.0. The Balaban J connectivity index is 1.85. The van der Waals surface area contributed by atoms with Gasteiger partial charge in [-0.25, -0.2) is 9.78 Å². The van der Waals surface area contributed by atoms with Crippen molar-refractivity contribution in [2.45, 2.75) is 31.9 Å². The van der Waals surface area contributed by atoms with Gasteiger partial charge >= 0.3 is 5.97 Å². The number of carbonyl (C=O) groups excluding carboxylic acids is 3. The van der Waals surface area contributed by atoms with E-state index in [2.05, 4.69) is 20.9 Å². The first-order valence-electron chi connectivity index (χ1n) is 7.26. The van der Waals surface area contributed by atoms with Crippen LogP contribution in [0.15, 0.2) is 0 Å². The van der Waals surface area contributed by atoms with E-state index in [9.17, 15) is 14.4 Å². The number of aryl methyl sites for hydroxylation is 1. The van der Waals surface area contributed by atoms with Crippen LogP contribution in [0.3, 0.4) is 0 Å². The minimum Gasteiger partial charge on any atom is -0.462 e. The Hall–Kier alpha value is -1.69. The fourth-order valence-electron chi connectivity index (χ4n) is 1.94. The second kappa shape index (κ2) is 8.42. The molecular formula is C13H19N5O4S2. The number of hydrogen-bond acceptors (Lipinski definition) is 9. The first-order chi connectivity index (χ1) is 11.4. The van der Waals surface area contributed by atoms with Crippen LogP contribution in [0.2, 0.25) is 0 Å². The van der Waals surface area contributed by atoms with Gasteiger partial charge in [0.25, 0.3) is 0 Å². The lowest BCUT2D eigenvalue weighted by atomic mass is 10.3. The Bertz CT molecular complexity index is 636. The fourth-order valence-corrected chi connectivity index (χ4v) is 3.69. The molecule has 2 heterocycles. The number of esters is 1. The maximum atomic E-state index is 12.0. The van der Waals surface area contributed by atoms with E-state index in [4.69, 9.17) is 10.5 Å². The van der Waals surface area contributed by atoms with Crippen molar-refractivity contribution in [3.8, 4) is 0 Å². The van der Waals surface area contributed by atoms with Crippen molar-refractivity contribution in [1.29, 1.82) is 0 Å². The van der Waals surface area contributed by atoms with E-state index >= 15 is 0 Å². The molecule has 2 atom stereocenters. The average Bonchev–Trinajstić information content (AvgIpc) is 2.85. The second-order valence-electron chi connectivity index (χ2n) is 4.94. The summed E-state index contributed by atoms with van der Waals surface area (Å²) in [5.74, 6) is -0.809. The van der Waals surface area contributed by atoms with Crippen LogP contribution >= 0.6 is 23.1 Å². The molecule has 132 valence electrons. The summed E-state index contributed by atoms with van der Waals surface area (Å²) in [4.78, 5) is 39.6. The molecule has 1 aromatic heterocycles. The molecule has 2 rings (SSSR count). The molecule has 24 heavy (non-hydrogen) atoms. The Labute approximate surface area is 147 Å². The summed E-state index contributed by atoms with van der Waals surface area (Å²) in [6, 6.07) is 0. The molecular weight excluding hydrogens is 354 g/mol. The molecule has 0 saturated carbocycles. The second-order valence-corrected chi connectivity index (χ2v) is 7.03. The van der Waals surface area contributed by atoms with Gasteiger partial charge in [-0.1, -0.05) is 11.3 Å². The van der Waals surface area contributed by atoms with Gasteiger partial charge in [0.1, 0.15) is 10.4 Å². The molecule has 0 radical (unpaired) electrons. The standard InChI is InChI=1S/C13H19N5O4S2/c1-3-22-11(21)10-6(2)15-13(24-10)18-9(20)5-23-12-16-7(14)4-8(19)17-12/h7,12,16H,3-5,14H2,1-2H3,(H,17,19)(H,15,18,20). The molecule has 9 nitrogen and oxygen atoms in total. The third-order valence-electron chi connectivity index (χ3n) is 2.95. The molecule has 1 aromatic rings. The van der Waals surface area contributed by atoms with Crippen molar-refractivity contribution >= 4 is 46.0 Å².